The summed E-state index contributed by atoms with van der Waals surface area (Å²) in [5, 5.41) is 0. The van der Waals surface area contributed by atoms with Gasteiger partial charge in [0.1, 0.15) is 0 Å². The van der Waals surface area contributed by atoms with Crippen LogP contribution >= 0.6 is 0 Å². The van der Waals surface area contributed by atoms with Crippen LogP contribution in [-0.4, -0.2) is 19.3 Å². The molecule has 0 radical (unpaired) electrons. The molecule has 0 aromatic rings. The maximum absolute atomic E-state index is 5.79. The van der Waals surface area contributed by atoms with Crippen molar-refractivity contribution in [1.29, 1.82) is 0 Å². The van der Waals surface area contributed by atoms with Crippen molar-refractivity contribution in [3.05, 3.63) is 0 Å². The molecule has 1 fully saturated rings. The zero-order valence-corrected chi connectivity index (χ0v) is 8.63. The van der Waals surface area contributed by atoms with Gasteiger partial charge < -0.3 is 10.5 Å². The van der Waals surface area contributed by atoms with Gasteiger partial charge in [-0.2, -0.15) is 0 Å². The van der Waals surface area contributed by atoms with E-state index < -0.39 is 0 Å². The Morgan fingerprint density at radius 2 is 1.77 bits per heavy atom. The normalized spacial score (nSPS) is 19.2. The van der Waals surface area contributed by atoms with Crippen LogP contribution in [0, 0.1) is 0 Å². The standard InChI is InChI=1S/C11H23NO/c12-9-5-2-6-10-13-11-7-3-1-4-8-11/h11H,1-10,12H2. The summed E-state index contributed by atoms with van der Waals surface area (Å²) in [5.74, 6) is 0. The van der Waals surface area contributed by atoms with E-state index in [1.165, 1.54) is 44.9 Å². The van der Waals surface area contributed by atoms with Gasteiger partial charge in [0.15, 0.2) is 0 Å². The second kappa shape index (κ2) is 7.34. The van der Waals surface area contributed by atoms with E-state index in [0.717, 1.165) is 19.6 Å². The molecule has 1 saturated carbocycles. The van der Waals surface area contributed by atoms with Crippen molar-refractivity contribution in [3.63, 3.8) is 0 Å². The van der Waals surface area contributed by atoms with Gasteiger partial charge in [0.2, 0.25) is 0 Å². The van der Waals surface area contributed by atoms with E-state index in [0.29, 0.717) is 6.10 Å². The van der Waals surface area contributed by atoms with E-state index in [9.17, 15) is 0 Å². The van der Waals surface area contributed by atoms with Crippen molar-refractivity contribution in [3.8, 4) is 0 Å². The van der Waals surface area contributed by atoms with Crippen molar-refractivity contribution in [1.82, 2.24) is 0 Å². The summed E-state index contributed by atoms with van der Waals surface area (Å²) in [6.07, 6.45) is 10.9. The van der Waals surface area contributed by atoms with Crippen LogP contribution in [0.25, 0.3) is 0 Å². The highest BCUT2D eigenvalue weighted by molar-refractivity contribution is 4.64. The van der Waals surface area contributed by atoms with E-state index in [1.54, 1.807) is 0 Å². The lowest BCUT2D eigenvalue weighted by Crippen LogP contribution is -2.17. The Morgan fingerprint density at radius 1 is 1.00 bits per heavy atom. The van der Waals surface area contributed by atoms with Crippen LogP contribution < -0.4 is 5.73 Å². The zero-order valence-electron chi connectivity index (χ0n) is 8.63. The molecule has 0 aliphatic heterocycles. The Hall–Kier alpha value is -0.0800. The highest BCUT2D eigenvalue weighted by atomic mass is 16.5. The number of rotatable bonds is 6. The summed E-state index contributed by atoms with van der Waals surface area (Å²) in [6.45, 7) is 1.77. The van der Waals surface area contributed by atoms with Crippen LogP contribution in [0.1, 0.15) is 51.4 Å². The van der Waals surface area contributed by atoms with Gasteiger partial charge in [-0.05, 0) is 38.6 Å². The molecule has 0 heterocycles. The molecule has 0 atom stereocenters. The van der Waals surface area contributed by atoms with Gasteiger partial charge in [-0.1, -0.05) is 19.3 Å². The molecule has 78 valence electrons. The first kappa shape index (κ1) is 11.0. The third kappa shape index (κ3) is 5.27. The summed E-state index contributed by atoms with van der Waals surface area (Å²) in [6, 6.07) is 0. The predicted octanol–water partition coefficient (Wildman–Crippen LogP) is 2.46. The Morgan fingerprint density at radius 3 is 2.46 bits per heavy atom. The van der Waals surface area contributed by atoms with Crippen LogP contribution in [-0.2, 0) is 4.74 Å². The second-order valence-electron chi connectivity index (χ2n) is 3.98. The smallest absolute Gasteiger partial charge is 0.0575 e. The van der Waals surface area contributed by atoms with Crippen molar-refractivity contribution >= 4 is 0 Å². The van der Waals surface area contributed by atoms with Gasteiger partial charge in [-0.3, -0.25) is 0 Å². The van der Waals surface area contributed by atoms with Crippen molar-refractivity contribution in [2.45, 2.75) is 57.5 Å². The maximum Gasteiger partial charge on any atom is 0.0575 e. The van der Waals surface area contributed by atoms with Crippen LogP contribution in [0.15, 0.2) is 0 Å². The minimum Gasteiger partial charge on any atom is -0.378 e. The fourth-order valence-corrected chi connectivity index (χ4v) is 1.90. The molecule has 0 bridgehead atoms. The first-order valence-corrected chi connectivity index (χ1v) is 5.75. The summed E-state index contributed by atoms with van der Waals surface area (Å²) in [5.41, 5.74) is 5.41. The van der Waals surface area contributed by atoms with Crippen molar-refractivity contribution in [2.75, 3.05) is 13.2 Å². The highest BCUT2D eigenvalue weighted by Crippen LogP contribution is 2.20. The first-order valence-electron chi connectivity index (χ1n) is 5.75. The summed E-state index contributed by atoms with van der Waals surface area (Å²) >= 11 is 0. The number of nitrogens with two attached hydrogens (primary N) is 1. The molecule has 2 N–H and O–H groups in total. The number of unbranched alkanes of at least 4 members (excludes halogenated alkanes) is 2. The molecule has 0 unspecified atom stereocenters. The maximum atomic E-state index is 5.79. The summed E-state index contributed by atoms with van der Waals surface area (Å²) < 4.78 is 5.79. The zero-order chi connectivity index (χ0) is 9.36. The average Bonchev–Trinajstić information content (AvgIpc) is 2.19. The molecule has 0 spiro atoms. The number of hydrogen-bond acceptors (Lipinski definition) is 2. The quantitative estimate of drug-likeness (QED) is 0.645. The third-order valence-electron chi connectivity index (χ3n) is 2.75. The fraction of sp³-hybridized carbons (Fsp3) is 1.00. The molecular weight excluding hydrogens is 162 g/mol. The van der Waals surface area contributed by atoms with Gasteiger partial charge in [-0.15, -0.1) is 0 Å². The van der Waals surface area contributed by atoms with Crippen molar-refractivity contribution in [2.24, 2.45) is 5.73 Å². The van der Waals surface area contributed by atoms with Crippen LogP contribution in [0.5, 0.6) is 0 Å². The molecule has 1 aliphatic carbocycles. The lowest BCUT2D eigenvalue weighted by molar-refractivity contribution is 0.0264. The van der Waals surface area contributed by atoms with Gasteiger partial charge in [-0.25, -0.2) is 0 Å². The van der Waals surface area contributed by atoms with E-state index in [2.05, 4.69) is 0 Å². The van der Waals surface area contributed by atoms with E-state index in [1.807, 2.05) is 0 Å². The summed E-state index contributed by atoms with van der Waals surface area (Å²) in [7, 11) is 0. The molecule has 1 aliphatic rings. The predicted molar refractivity (Wildman–Crippen MR) is 55.7 cm³/mol. The molecule has 0 saturated heterocycles. The molecule has 0 amide bonds. The van der Waals surface area contributed by atoms with E-state index >= 15 is 0 Å². The number of ether oxygens (including phenoxy) is 1. The minimum atomic E-state index is 0.576. The highest BCUT2D eigenvalue weighted by Gasteiger charge is 2.12. The lowest BCUT2D eigenvalue weighted by atomic mass is 9.98. The van der Waals surface area contributed by atoms with Gasteiger partial charge in [0.25, 0.3) is 0 Å². The summed E-state index contributed by atoms with van der Waals surface area (Å²) in [4.78, 5) is 0. The average molecular weight is 185 g/mol. The Kier molecular flexibility index (Phi) is 6.21. The molecule has 0 aromatic heterocycles. The van der Waals surface area contributed by atoms with Gasteiger partial charge >= 0.3 is 0 Å². The molecule has 13 heavy (non-hydrogen) atoms. The largest absolute Gasteiger partial charge is 0.378 e. The van der Waals surface area contributed by atoms with E-state index in [-0.39, 0.29) is 0 Å². The second-order valence-corrected chi connectivity index (χ2v) is 3.98. The monoisotopic (exact) mass is 185 g/mol. The Bertz CT molecular complexity index is 111. The fourth-order valence-electron chi connectivity index (χ4n) is 1.90. The van der Waals surface area contributed by atoms with Crippen LogP contribution in [0.3, 0.4) is 0 Å². The lowest BCUT2D eigenvalue weighted by Gasteiger charge is -2.21. The number of hydrogen-bond donors (Lipinski definition) is 1. The first-order chi connectivity index (χ1) is 6.43. The molecule has 1 rings (SSSR count). The Labute approximate surface area is 81.8 Å². The van der Waals surface area contributed by atoms with Gasteiger partial charge in [0, 0.05) is 6.61 Å². The third-order valence-corrected chi connectivity index (χ3v) is 2.75. The van der Waals surface area contributed by atoms with Crippen LogP contribution in [0.4, 0.5) is 0 Å². The minimum absolute atomic E-state index is 0.576. The molecule has 0 aromatic carbocycles. The topological polar surface area (TPSA) is 35.2 Å². The Balaban J connectivity index is 1.86. The van der Waals surface area contributed by atoms with Crippen LogP contribution in [0.2, 0.25) is 0 Å². The molecule has 2 nitrogen and oxygen atoms in total. The SMILES string of the molecule is NCCCCCOC1CCCCC1. The van der Waals surface area contributed by atoms with Crippen molar-refractivity contribution < 1.29 is 4.74 Å². The molecule has 2 heteroatoms. The van der Waals surface area contributed by atoms with Gasteiger partial charge in [0.05, 0.1) is 6.10 Å². The van der Waals surface area contributed by atoms with E-state index in [4.69, 9.17) is 10.5 Å². The molecular formula is C11H23NO.